The maximum absolute atomic E-state index is 12.0. The van der Waals surface area contributed by atoms with Crippen LogP contribution in [0.4, 0.5) is 0 Å². The second-order valence-electron chi connectivity index (χ2n) is 4.49. The van der Waals surface area contributed by atoms with Gasteiger partial charge < -0.3 is 11.1 Å². The molecule has 0 aliphatic heterocycles. The molecular weight excluding hydrogens is 264 g/mol. The molecule has 100 valence electrons. The number of nitrogens with two attached hydrogens (primary N) is 1. The van der Waals surface area contributed by atoms with Crippen LogP contribution in [0, 0.1) is 5.92 Å². The van der Waals surface area contributed by atoms with Crippen molar-refractivity contribution in [1.82, 2.24) is 5.32 Å². The van der Waals surface area contributed by atoms with Gasteiger partial charge in [0.2, 0.25) is 5.91 Å². The maximum Gasteiger partial charge on any atom is 0.230 e. The summed E-state index contributed by atoms with van der Waals surface area (Å²) >= 11 is 6.61. The second-order valence-corrected chi connectivity index (χ2v) is 5.74. The molecule has 0 aliphatic carbocycles. The number of carbonyl (C=O) groups excluding carboxylic acids is 1. The fourth-order valence-corrected chi connectivity index (χ4v) is 2.75. The number of nitrogens with one attached hydrogen (secondary N) is 1. The summed E-state index contributed by atoms with van der Waals surface area (Å²) in [6, 6.07) is 2.17. The summed E-state index contributed by atoms with van der Waals surface area (Å²) in [6.45, 7) is 4.02. The van der Waals surface area contributed by atoms with Crippen molar-refractivity contribution in [2.75, 3.05) is 0 Å². The Morgan fingerprint density at radius 3 is 2.83 bits per heavy atom. The van der Waals surface area contributed by atoms with Gasteiger partial charge in [0.1, 0.15) is 0 Å². The van der Waals surface area contributed by atoms with E-state index in [0.717, 1.165) is 12.8 Å². The molecule has 0 aliphatic rings. The van der Waals surface area contributed by atoms with Crippen molar-refractivity contribution in [3.05, 3.63) is 22.4 Å². The largest absolute Gasteiger partial charge is 0.393 e. The summed E-state index contributed by atoms with van der Waals surface area (Å²) in [6.07, 6.45) is 2.45. The summed E-state index contributed by atoms with van der Waals surface area (Å²) in [5.74, 6) is -0.387. The zero-order valence-corrected chi connectivity index (χ0v) is 12.4. The standard InChI is InChI=1S/C13H20N2OS2/c1-3-4-11(12(14)17)13(16)15-9(2)7-10-5-6-18-8-10/h5-6,8-9,11H,3-4,7H2,1-2H3,(H2,14,17)(H,15,16). The van der Waals surface area contributed by atoms with Gasteiger partial charge in [-0.3, -0.25) is 4.79 Å². The Morgan fingerprint density at radius 1 is 1.61 bits per heavy atom. The second kappa shape index (κ2) is 7.48. The smallest absolute Gasteiger partial charge is 0.230 e. The Morgan fingerprint density at radius 2 is 2.33 bits per heavy atom. The van der Waals surface area contributed by atoms with Gasteiger partial charge >= 0.3 is 0 Å². The molecule has 1 aromatic heterocycles. The lowest BCUT2D eigenvalue weighted by Crippen LogP contribution is -2.42. The number of thiophene rings is 1. The molecule has 0 bridgehead atoms. The Bertz CT molecular complexity index is 390. The molecule has 0 spiro atoms. The van der Waals surface area contributed by atoms with E-state index in [9.17, 15) is 4.79 Å². The monoisotopic (exact) mass is 284 g/mol. The van der Waals surface area contributed by atoms with E-state index in [0.29, 0.717) is 6.42 Å². The van der Waals surface area contributed by atoms with Crippen LogP contribution in [-0.4, -0.2) is 16.9 Å². The van der Waals surface area contributed by atoms with Crippen LogP contribution in [0.2, 0.25) is 0 Å². The average Bonchev–Trinajstić information content (AvgIpc) is 2.77. The topological polar surface area (TPSA) is 55.1 Å². The summed E-state index contributed by atoms with van der Waals surface area (Å²) < 4.78 is 0. The Balaban J connectivity index is 2.49. The van der Waals surface area contributed by atoms with E-state index in [1.807, 2.05) is 19.2 Å². The van der Waals surface area contributed by atoms with Crippen molar-refractivity contribution >= 4 is 34.5 Å². The molecule has 3 nitrogen and oxygen atoms in total. The predicted molar refractivity (Wildman–Crippen MR) is 80.8 cm³/mol. The van der Waals surface area contributed by atoms with Crippen molar-refractivity contribution in [3.63, 3.8) is 0 Å². The fraction of sp³-hybridized carbons (Fsp3) is 0.538. The fourth-order valence-electron chi connectivity index (χ4n) is 1.85. The van der Waals surface area contributed by atoms with Crippen LogP contribution in [0.5, 0.6) is 0 Å². The predicted octanol–water partition coefficient (Wildman–Crippen LogP) is 2.50. The first kappa shape index (κ1) is 15.1. The van der Waals surface area contributed by atoms with Gasteiger partial charge in [-0.05, 0) is 42.2 Å². The number of amides is 1. The highest BCUT2D eigenvalue weighted by atomic mass is 32.1. The number of hydrogen-bond donors (Lipinski definition) is 2. The molecule has 0 aromatic carbocycles. The molecule has 0 saturated heterocycles. The molecule has 2 unspecified atom stereocenters. The van der Waals surface area contributed by atoms with Gasteiger partial charge in [-0.2, -0.15) is 11.3 Å². The molecule has 1 heterocycles. The lowest BCUT2D eigenvalue weighted by atomic mass is 10.0. The SMILES string of the molecule is CCCC(C(=O)NC(C)Cc1ccsc1)C(N)=S. The van der Waals surface area contributed by atoms with Crippen LogP contribution in [0.3, 0.4) is 0 Å². The molecule has 0 radical (unpaired) electrons. The molecule has 1 aromatic rings. The molecule has 3 N–H and O–H groups in total. The van der Waals surface area contributed by atoms with Crippen LogP contribution >= 0.6 is 23.6 Å². The van der Waals surface area contributed by atoms with E-state index in [1.165, 1.54) is 5.56 Å². The van der Waals surface area contributed by atoms with E-state index in [2.05, 4.69) is 16.8 Å². The molecule has 5 heteroatoms. The number of rotatable bonds is 7. The minimum absolute atomic E-state index is 0.0490. The van der Waals surface area contributed by atoms with E-state index in [-0.39, 0.29) is 22.9 Å². The molecular formula is C13H20N2OS2. The van der Waals surface area contributed by atoms with Gasteiger partial charge in [0.05, 0.1) is 10.9 Å². The average molecular weight is 284 g/mol. The van der Waals surface area contributed by atoms with E-state index in [4.69, 9.17) is 18.0 Å². The summed E-state index contributed by atoms with van der Waals surface area (Å²) in [7, 11) is 0. The van der Waals surface area contributed by atoms with E-state index < -0.39 is 0 Å². The third-order valence-electron chi connectivity index (χ3n) is 2.75. The number of carbonyl (C=O) groups is 1. The van der Waals surface area contributed by atoms with Gasteiger partial charge in [0.25, 0.3) is 0 Å². The van der Waals surface area contributed by atoms with Crippen molar-refractivity contribution in [2.45, 2.75) is 39.2 Å². The van der Waals surface area contributed by atoms with Crippen LogP contribution in [0.25, 0.3) is 0 Å². The Hall–Kier alpha value is -0.940. The summed E-state index contributed by atoms with van der Waals surface area (Å²) in [5, 5.41) is 7.12. The van der Waals surface area contributed by atoms with Gasteiger partial charge in [-0.15, -0.1) is 0 Å². The van der Waals surface area contributed by atoms with Gasteiger partial charge in [0.15, 0.2) is 0 Å². The Kier molecular flexibility index (Phi) is 6.29. The molecule has 18 heavy (non-hydrogen) atoms. The van der Waals surface area contributed by atoms with Crippen molar-refractivity contribution in [1.29, 1.82) is 0 Å². The molecule has 0 saturated carbocycles. The molecule has 0 fully saturated rings. The quantitative estimate of drug-likeness (QED) is 0.756. The highest BCUT2D eigenvalue weighted by Gasteiger charge is 2.21. The number of hydrogen-bond acceptors (Lipinski definition) is 3. The zero-order valence-electron chi connectivity index (χ0n) is 10.8. The third kappa shape index (κ3) is 4.74. The molecule has 1 amide bonds. The molecule has 2 atom stereocenters. The summed E-state index contributed by atoms with van der Waals surface area (Å²) in [4.78, 5) is 12.3. The highest BCUT2D eigenvalue weighted by molar-refractivity contribution is 7.80. The highest BCUT2D eigenvalue weighted by Crippen LogP contribution is 2.11. The first-order valence-corrected chi connectivity index (χ1v) is 7.50. The minimum atomic E-state index is -0.338. The van der Waals surface area contributed by atoms with E-state index in [1.54, 1.807) is 11.3 Å². The van der Waals surface area contributed by atoms with Crippen LogP contribution in [0.1, 0.15) is 32.3 Å². The van der Waals surface area contributed by atoms with Crippen LogP contribution in [0.15, 0.2) is 16.8 Å². The Labute approximate surface area is 118 Å². The number of thiocarbonyl (C=S) groups is 1. The van der Waals surface area contributed by atoms with Gasteiger partial charge in [-0.25, -0.2) is 0 Å². The lowest BCUT2D eigenvalue weighted by Gasteiger charge is -2.18. The van der Waals surface area contributed by atoms with Crippen LogP contribution < -0.4 is 11.1 Å². The van der Waals surface area contributed by atoms with Crippen molar-refractivity contribution in [3.8, 4) is 0 Å². The van der Waals surface area contributed by atoms with Crippen molar-refractivity contribution < 1.29 is 4.79 Å². The van der Waals surface area contributed by atoms with Crippen molar-refractivity contribution in [2.24, 2.45) is 11.7 Å². The normalized spacial score (nSPS) is 13.9. The lowest BCUT2D eigenvalue weighted by molar-refractivity contribution is -0.123. The van der Waals surface area contributed by atoms with Gasteiger partial charge in [0, 0.05) is 6.04 Å². The first-order chi connectivity index (χ1) is 8.54. The maximum atomic E-state index is 12.0. The zero-order chi connectivity index (χ0) is 13.5. The molecule has 1 rings (SSSR count). The minimum Gasteiger partial charge on any atom is -0.393 e. The van der Waals surface area contributed by atoms with E-state index >= 15 is 0 Å². The van der Waals surface area contributed by atoms with Gasteiger partial charge in [-0.1, -0.05) is 25.6 Å². The van der Waals surface area contributed by atoms with Crippen LogP contribution in [-0.2, 0) is 11.2 Å². The first-order valence-electron chi connectivity index (χ1n) is 6.15. The summed E-state index contributed by atoms with van der Waals surface area (Å²) in [5.41, 5.74) is 6.85. The third-order valence-corrected chi connectivity index (χ3v) is 3.76.